The standard InChI is InChI=1S/C4H5N3O2/c8-7(9)4-5-2-1-3-6-4/h1-3,8-9H. The molecule has 0 spiro atoms. The van der Waals surface area contributed by atoms with Crippen LogP contribution >= 0.6 is 0 Å². The molecule has 0 unspecified atom stereocenters. The molecule has 0 bridgehead atoms. The van der Waals surface area contributed by atoms with Gasteiger partial charge in [-0.25, -0.2) is 9.97 Å². The Bertz CT molecular complexity index is 176. The molecule has 0 saturated carbocycles. The van der Waals surface area contributed by atoms with Gasteiger partial charge in [-0.05, 0) is 6.07 Å². The van der Waals surface area contributed by atoms with E-state index in [0.717, 1.165) is 0 Å². The highest BCUT2D eigenvalue weighted by atomic mass is 16.8. The number of hydrogen-bond acceptors (Lipinski definition) is 5. The zero-order chi connectivity index (χ0) is 6.69. The van der Waals surface area contributed by atoms with E-state index in [0.29, 0.717) is 0 Å². The van der Waals surface area contributed by atoms with E-state index in [1.54, 1.807) is 6.07 Å². The molecule has 5 heteroatoms. The molecule has 1 heterocycles. The molecule has 0 aliphatic carbocycles. The second-order valence-electron chi connectivity index (χ2n) is 1.34. The lowest BCUT2D eigenvalue weighted by molar-refractivity contribution is 0.0242. The minimum atomic E-state index is -0.141. The summed E-state index contributed by atoms with van der Waals surface area (Å²) < 4.78 is 0. The fraction of sp³-hybridized carbons (Fsp3) is 0. The predicted octanol–water partition coefficient (Wildman–Crippen LogP) is 0.0614. The monoisotopic (exact) mass is 127 g/mol. The van der Waals surface area contributed by atoms with Gasteiger partial charge in [-0.15, -0.1) is 0 Å². The first kappa shape index (κ1) is 5.93. The molecule has 48 valence electrons. The Morgan fingerprint density at radius 3 is 2.11 bits per heavy atom. The van der Waals surface area contributed by atoms with Crippen molar-refractivity contribution < 1.29 is 10.4 Å². The maximum atomic E-state index is 8.29. The average molecular weight is 127 g/mol. The lowest BCUT2D eigenvalue weighted by Gasteiger charge is -2.01. The zero-order valence-corrected chi connectivity index (χ0v) is 4.47. The minimum Gasteiger partial charge on any atom is -0.261 e. The van der Waals surface area contributed by atoms with E-state index in [4.69, 9.17) is 10.4 Å². The number of rotatable bonds is 1. The van der Waals surface area contributed by atoms with Gasteiger partial charge in [0.2, 0.25) is 0 Å². The van der Waals surface area contributed by atoms with Crippen LogP contribution in [0.2, 0.25) is 0 Å². The van der Waals surface area contributed by atoms with E-state index in [1.165, 1.54) is 12.4 Å². The highest BCUT2D eigenvalue weighted by Gasteiger charge is 1.96. The van der Waals surface area contributed by atoms with Crippen LogP contribution in [-0.4, -0.2) is 20.4 Å². The molecule has 0 aromatic carbocycles. The predicted molar refractivity (Wildman–Crippen MR) is 28.1 cm³/mol. The van der Waals surface area contributed by atoms with Crippen molar-refractivity contribution in [2.75, 3.05) is 5.23 Å². The normalized spacial score (nSPS) is 9.11. The molecular formula is C4H5N3O2. The Hall–Kier alpha value is -1.20. The van der Waals surface area contributed by atoms with Gasteiger partial charge in [-0.1, -0.05) is 5.23 Å². The second kappa shape index (κ2) is 2.38. The van der Waals surface area contributed by atoms with Crippen LogP contribution in [0.4, 0.5) is 5.95 Å². The SMILES string of the molecule is ON(O)c1ncccn1. The van der Waals surface area contributed by atoms with Gasteiger partial charge in [0, 0.05) is 12.4 Å². The fourth-order valence-corrected chi connectivity index (χ4v) is 0.395. The summed E-state index contributed by atoms with van der Waals surface area (Å²) in [6, 6.07) is 1.58. The molecule has 1 aromatic rings. The Morgan fingerprint density at radius 2 is 1.78 bits per heavy atom. The summed E-state index contributed by atoms with van der Waals surface area (Å²) >= 11 is 0. The topological polar surface area (TPSA) is 69.5 Å². The zero-order valence-electron chi connectivity index (χ0n) is 4.47. The maximum absolute atomic E-state index is 8.29. The quantitative estimate of drug-likeness (QED) is 0.522. The first-order chi connectivity index (χ1) is 4.30. The van der Waals surface area contributed by atoms with Crippen LogP contribution in [0.1, 0.15) is 0 Å². The van der Waals surface area contributed by atoms with Crippen LogP contribution in [0, 0.1) is 0 Å². The van der Waals surface area contributed by atoms with Crippen molar-refractivity contribution in [2.45, 2.75) is 0 Å². The highest BCUT2D eigenvalue weighted by Crippen LogP contribution is 1.95. The van der Waals surface area contributed by atoms with Crippen molar-refractivity contribution >= 4 is 5.95 Å². The Labute approximate surface area is 51.1 Å². The van der Waals surface area contributed by atoms with E-state index in [-0.39, 0.29) is 11.2 Å². The van der Waals surface area contributed by atoms with Gasteiger partial charge in [-0.2, -0.15) is 0 Å². The van der Waals surface area contributed by atoms with E-state index >= 15 is 0 Å². The van der Waals surface area contributed by atoms with Crippen molar-refractivity contribution in [3.8, 4) is 0 Å². The highest BCUT2D eigenvalue weighted by molar-refractivity contribution is 5.17. The average Bonchev–Trinajstić information content (AvgIpc) is 1.90. The molecule has 5 nitrogen and oxygen atoms in total. The van der Waals surface area contributed by atoms with Crippen LogP contribution in [0.5, 0.6) is 0 Å². The summed E-state index contributed by atoms with van der Waals surface area (Å²) in [5.74, 6) is -0.141. The lowest BCUT2D eigenvalue weighted by Crippen LogP contribution is -2.13. The molecule has 0 aliphatic heterocycles. The molecule has 0 amide bonds. The first-order valence-corrected chi connectivity index (χ1v) is 2.25. The van der Waals surface area contributed by atoms with Gasteiger partial charge in [-0.3, -0.25) is 10.4 Å². The number of nitrogens with zero attached hydrogens (tertiary/aromatic N) is 3. The molecule has 2 N–H and O–H groups in total. The third-order valence-corrected chi connectivity index (χ3v) is 0.731. The van der Waals surface area contributed by atoms with Crippen LogP contribution in [0.25, 0.3) is 0 Å². The Kier molecular flexibility index (Phi) is 1.57. The van der Waals surface area contributed by atoms with Crippen LogP contribution < -0.4 is 5.23 Å². The fourth-order valence-electron chi connectivity index (χ4n) is 0.395. The molecular weight excluding hydrogens is 122 g/mol. The maximum Gasteiger partial charge on any atom is 0.277 e. The van der Waals surface area contributed by atoms with Crippen molar-refractivity contribution in [1.29, 1.82) is 0 Å². The summed E-state index contributed by atoms with van der Waals surface area (Å²) in [6.07, 6.45) is 2.81. The molecule has 0 saturated heterocycles. The minimum absolute atomic E-state index is 0.139. The molecule has 1 aromatic heterocycles. The molecule has 0 fully saturated rings. The lowest BCUT2D eigenvalue weighted by atomic mass is 10.7. The Morgan fingerprint density at radius 1 is 1.22 bits per heavy atom. The molecule has 9 heavy (non-hydrogen) atoms. The number of anilines is 1. The molecule has 0 radical (unpaired) electrons. The summed E-state index contributed by atoms with van der Waals surface area (Å²) in [6.45, 7) is 0. The number of aromatic nitrogens is 2. The summed E-state index contributed by atoms with van der Waals surface area (Å²) in [5, 5.41) is 16.4. The second-order valence-corrected chi connectivity index (χ2v) is 1.34. The number of hydrogen-bond donors (Lipinski definition) is 2. The third-order valence-electron chi connectivity index (χ3n) is 0.731. The summed E-state index contributed by atoms with van der Waals surface area (Å²) in [5.41, 5.74) is 0. The van der Waals surface area contributed by atoms with E-state index in [9.17, 15) is 0 Å². The summed E-state index contributed by atoms with van der Waals surface area (Å²) in [4.78, 5) is 6.99. The van der Waals surface area contributed by atoms with Gasteiger partial charge in [0.1, 0.15) is 0 Å². The molecule has 0 aliphatic rings. The van der Waals surface area contributed by atoms with Gasteiger partial charge in [0.05, 0.1) is 0 Å². The van der Waals surface area contributed by atoms with Crippen molar-refractivity contribution in [3.05, 3.63) is 18.5 Å². The molecule has 0 atom stereocenters. The van der Waals surface area contributed by atoms with E-state index in [1.807, 2.05) is 0 Å². The Balaban J connectivity index is 2.85. The van der Waals surface area contributed by atoms with Crippen molar-refractivity contribution in [1.82, 2.24) is 9.97 Å². The van der Waals surface area contributed by atoms with Gasteiger partial charge in [0.25, 0.3) is 5.95 Å². The van der Waals surface area contributed by atoms with Crippen molar-refractivity contribution in [2.24, 2.45) is 0 Å². The van der Waals surface area contributed by atoms with Crippen LogP contribution in [0.3, 0.4) is 0 Å². The van der Waals surface area contributed by atoms with E-state index in [2.05, 4.69) is 9.97 Å². The van der Waals surface area contributed by atoms with E-state index < -0.39 is 0 Å². The largest absolute Gasteiger partial charge is 0.277 e. The van der Waals surface area contributed by atoms with Crippen molar-refractivity contribution in [3.63, 3.8) is 0 Å². The molecule has 1 rings (SSSR count). The third kappa shape index (κ3) is 1.34. The van der Waals surface area contributed by atoms with Gasteiger partial charge < -0.3 is 0 Å². The van der Waals surface area contributed by atoms with Crippen LogP contribution in [-0.2, 0) is 0 Å². The first-order valence-electron chi connectivity index (χ1n) is 2.25. The summed E-state index contributed by atoms with van der Waals surface area (Å²) in [7, 11) is 0. The smallest absolute Gasteiger partial charge is 0.261 e. The van der Waals surface area contributed by atoms with Crippen LogP contribution in [0.15, 0.2) is 18.5 Å². The van der Waals surface area contributed by atoms with Gasteiger partial charge >= 0.3 is 0 Å². The van der Waals surface area contributed by atoms with Gasteiger partial charge in [0.15, 0.2) is 0 Å².